The summed E-state index contributed by atoms with van der Waals surface area (Å²) in [6, 6.07) is 12.8. The molecular weight excluding hydrogens is 373 g/mol. The lowest BCUT2D eigenvalue weighted by molar-refractivity contribution is 0.724. The first kappa shape index (κ1) is 14.5. The number of aromatic nitrogens is 2. The number of benzene rings is 1. The average molecular weight is 391 g/mol. The van der Waals surface area contributed by atoms with E-state index < -0.39 is 0 Å². The van der Waals surface area contributed by atoms with Crippen molar-refractivity contribution in [3.05, 3.63) is 63.5 Å². The highest BCUT2D eigenvalue weighted by atomic mass is 127. The Morgan fingerprint density at radius 2 is 2.00 bits per heavy atom. The highest BCUT2D eigenvalue weighted by Gasteiger charge is 2.09. The predicted molar refractivity (Wildman–Crippen MR) is 95.4 cm³/mol. The van der Waals surface area contributed by atoms with E-state index in [9.17, 15) is 0 Å². The van der Waals surface area contributed by atoms with Crippen molar-refractivity contribution in [3.63, 3.8) is 0 Å². The van der Waals surface area contributed by atoms with E-state index in [1.54, 1.807) is 0 Å². The van der Waals surface area contributed by atoms with Gasteiger partial charge in [0.25, 0.3) is 0 Å². The minimum Gasteiger partial charge on any atom is -0.328 e. The van der Waals surface area contributed by atoms with Crippen molar-refractivity contribution < 1.29 is 0 Å². The fourth-order valence-corrected chi connectivity index (χ4v) is 2.86. The number of rotatable bonds is 5. The number of nitrogens with zero attached hydrogens (tertiary/aromatic N) is 2. The lowest BCUT2D eigenvalue weighted by Gasteiger charge is -2.05. The van der Waals surface area contributed by atoms with Gasteiger partial charge in [0.1, 0.15) is 5.65 Å². The summed E-state index contributed by atoms with van der Waals surface area (Å²) in [6.45, 7) is 4.85. The minimum atomic E-state index is 0.858. The Labute approximate surface area is 138 Å². The van der Waals surface area contributed by atoms with E-state index in [4.69, 9.17) is 0 Å². The molecule has 0 fully saturated rings. The van der Waals surface area contributed by atoms with Crippen LogP contribution in [0.2, 0.25) is 0 Å². The van der Waals surface area contributed by atoms with Crippen LogP contribution in [-0.2, 0) is 13.1 Å². The van der Waals surface area contributed by atoms with Crippen molar-refractivity contribution in [2.45, 2.75) is 20.0 Å². The highest BCUT2D eigenvalue weighted by molar-refractivity contribution is 14.1. The van der Waals surface area contributed by atoms with Crippen LogP contribution in [0.4, 0.5) is 0 Å². The maximum atomic E-state index is 4.56. The van der Waals surface area contributed by atoms with E-state index in [-0.39, 0.29) is 0 Å². The lowest BCUT2D eigenvalue weighted by atomic mass is 10.2. The molecule has 0 saturated heterocycles. The van der Waals surface area contributed by atoms with E-state index in [0.717, 1.165) is 25.3 Å². The van der Waals surface area contributed by atoms with Gasteiger partial charge < -0.3 is 9.88 Å². The summed E-state index contributed by atoms with van der Waals surface area (Å²) in [6.07, 6.45) is 4.09. The van der Waals surface area contributed by atoms with Crippen LogP contribution in [0.1, 0.15) is 18.1 Å². The van der Waals surface area contributed by atoms with Crippen LogP contribution in [0.3, 0.4) is 0 Å². The molecule has 3 rings (SSSR count). The van der Waals surface area contributed by atoms with E-state index >= 15 is 0 Å². The third-order valence-corrected chi connectivity index (χ3v) is 4.27. The third-order valence-electron chi connectivity index (χ3n) is 3.55. The molecule has 108 valence electrons. The molecule has 21 heavy (non-hydrogen) atoms. The SMILES string of the molecule is CCNCc1cn(Cc2ccc(I)cc2)c2ncccc12. The van der Waals surface area contributed by atoms with Crippen LogP contribution in [0.25, 0.3) is 11.0 Å². The summed E-state index contributed by atoms with van der Waals surface area (Å²) in [4.78, 5) is 4.56. The topological polar surface area (TPSA) is 29.9 Å². The van der Waals surface area contributed by atoms with Gasteiger partial charge in [-0.3, -0.25) is 0 Å². The number of halogens is 1. The zero-order valence-corrected chi connectivity index (χ0v) is 14.2. The van der Waals surface area contributed by atoms with E-state index in [1.165, 1.54) is 20.1 Å². The first-order valence-corrected chi connectivity index (χ1v) is 8.23. The fraction of sp³-hybridized carbons (Fsp3) is 0.235. The molecule has 0 aliphatic rings. The van der Waals surface area contributed by atoms with Crippen LogP contribution in [0.15, 0.2) is 48.8 Å². The van der Waals surface area contributed by atoms with E-state index in [2.05, 4.69) is 80.9 Å². The van der Waals surface area contributed by atoms with Crippen molar-refractivity contribution >= 4 is 33.6 Å². The van der Waals surface area contributed by atoms with Gasteiger partial charge in [-0.2, -0.15) is 0 Å². The Kier molecular flexibility index (Phi) is 4.55. The molecule has 0 saturated carbocycles. The molecule has 0 radical (unpaired) electrons. The summed E-state index contributed by atoms with van der Waals surface area (Å²) in [5.74, 6) is 0. The number of pyridine rings is 1. The van der Waals surface area contributed by atoms with E-state index in [0.29, 0.717) is 0 Å². The monoisotopic (exact) mass is 391 g/mol. The zero-order chi connectivity index (χ0) is 14.7. The lowest BCUT2D eigenvalue weighted by Crippen LogP contribution is -2.11. The predicted octanol–water partition coefficient (Wildman–Crippen LogP) is 3.80. The largest absolute Gasteiger partial charge is 0.328 e. The molecule has 2 heterocycles. The second kappa shape index (κ2) is 6.58. The van der Waals surface area contributed by atoms with Gasteiger partial charge in [-0.25, -0.2) is 4.98 Å². The normalized spacial score (nSPS) is 11.1. The molecule has 1 aromatic carbocycles. The van der Waals surface area contributed by atoms with Crippen LogP contribution in [-0.4, -0.2) is 16.1 Å². The van der Waals surface area contributed by atoms with Gasteiger partial charge in [-0.05, 0) is 64.5 Å². The summed E-state index contributed by atoms with van der Waals surface area (Å²) >= 11 is 2.33. The van der Waals surface area contributed by atoms with Crippen molar-refractivity contribution in [3.8, 4) is 0 Å². The first-order chi connectivity index (χ1) is 10.3. The molecule has 0 atom stereocenters. The Hall–Kier alpha value is -1.40. The van der Waals surface area contributed by atoms with Crippen molar-refractivity contribution in [2.75, 3.05) is 6.54 Å². The molecule has 4 heteroatoms. The summed E-state index contributed by atoms with van der Waals surface area (Å²) in [5, 5.41) is 4.64. The molecule has 1 N–H and O–H groups in total. The Morgan fingerprint density at radius 3 is 2.76 bits per heavy atom. The Balaban J connectivity index is 1.96. The van der Waals surface area contributed by atoms with Crippen LogP contribution in [0.5, 0.6) is 0 Å². The first-order valence-electron chi connectivity index (χ1n) is 7.16. The Bertz CT molecular complexity index is 731. The van der Waals surface area contributed by atoms with Gasteiger partial charge in [-0.1, -0.05) is 19.1 Å². The maximum absolute atomic E-state index is 4.56. The summed E-state index contributed by atoms with van der Waals surface area (Å²) < 4.78 is 3.50. The standard InChI is InChI=1S/C17H18IN3/c1-2-19-10-14-12-21(17-16(14)4-3-9-20-17)11-13-5-7-15(18)8-6-13/h3-9,12,19H,2,10-11H2,1H3. The maximum Gasteiger partial charge on any atom is 0.140 e. The quantitative estimate of drug-likeness (QED) is 0.671. The van der Waals surface area contributed by atoms with Gasteiger partial charge in [0.15, 0.2) is 0 Å². The van der Waals surface area contributed by atoms with Gasteiger partial charge in [0.2, 0.25) is 0 Å². The number of nitrogens with one attached hydrogen (secondary N) is 1. The highest BCUT2D eigenvalue weighted by Crippen LogP contribution is 2.20. The van der Waals surface area contributed by atoms with Gasteiger partial charge in [0, 0.05) is 34.4 Å². The minimum absolute atomic E-state index is 0.858. The van der Waals surface area contributed by atoms with Crippen LogP contribution < -0.4 is 5.32 Å². The second-order valence-electron chi connectivity index (χ2n) is 5.06. The average Bonchev–Trinajstić information content (AvgIpc) is 2.86. The fourth-order valence-electron chi connectivity index (χ4n) is 2.50. The number of hydrogen-bond acceptors (Lipinski definition) is 2. The summed E-state index contributed by atoms with van der Waals surface area (Å²) in [7, 11) is 0. The number of fused-ring (bicyclic) bond motifs is 1. The number of hydrogen-bond donors (Lipinski definition) is 1. The van der Waals surface area contributed by atoms with Crippen molar-refractivity contribution in [1.29, 1.82) is 0 Å². The van der Waals surface area contributed by atoms with Crippen LogP contribution >= 0.6 is 22.6 Å². The molecule has 0 aliphatic heterocycles. The van der Waals surface area contributed by atoms with Gasteiger partial charge in [0.05, 0.1) is 0 Å². The molecule has 3 nitrogen and oxygen atoms in total. The second-order valence-corrected chi connectivity index (χ2v) is 6.31. The molecule has 3 aromatic rings. The van der Waals surface area contributed by atoms with Crippen molar-refractivity contribution in [2.24, 2.45) is 0 Å². The molecule has 0 amide bonds. The molecule has 0 spiro atoms. The molecular formula is C17H18IN3. The Morgan fingerprint density at radius 1 is 1.19 bits per heavy atom. The zero-order valence-electron chi connectivity index (χ0n) is 12.0. The van der Waals surface area contributed by atoms with E-state index in [1.807, 2.05) is 12.3 Å². The van der Waals surface area contributed by atoms with Gasteiger partial charge >= 0.3 is 0 Å². The molecule has 2 aromatic heterocycles. The molecule has 0 aliphatic carbocycles. The summed E-state index contributed by atoms with van der Waals surface area (Å²) in [5.41, 5.74) is 3.67. The van der Waals surface area contributed by atoms with Crippen LogP contribution in [0, 0.1) is 3.57 Å². The third kappa shape index (κ3) is 3.27. The smallest absolute Gasteiger partial charge is 0.140 e. The van der Waals surface area contributed by atoms with Gasteiger partial charge in [-0.15, -0.1) is 0 Å². The molecule has 0 unspecified atom stereocenters. The molecule has 0 bridgehead atoms. The van der Waals surface area contributed by atoms with Crippen molar-refractivity contribution in [1.82, 2.24) is 14.9 Å².